The van der Waals surface area contributed by atoms with E-state index in [1.165, 1.54) is 49.4 Å². The van der Waals surface area contributed by atoms with Gasteiger partial charge in [-0.15, -0.1) is 11.3 Å². The van der Waals surface area contributed by atoms with Crippen LogP contribution in [0.2, 0.25) is 0 Å². The summed E-state index contributed by atoms with van der Waals surface area (Å²) in [6.45, 7) is 6.59. The van der Waals surface area contributed by atoms with Crippen LogP contribution in [0.5, 0.6) is 0 Å². The Labute approximate surface area is 220 Å². The summed E-state index contributed by atoms with van der Waals surface area (Å²) in [7, 11) is 0. The molecule has 0 spiro atoms. The monoisotopic (exact) mass is 538 g/mol. The van der Waals surface area contributed by atoms with E-state index in [0.717, 1.165) is 29.2 Å². The summed E-state index contributed by atoms with van der Waals surface area (Å²) in [6.07, 6.45) is 7.68. The van der Waals surface area contributed by atoms with Gasteiger partial charge in [0.1, 0.15) is 27.7 Å². The summed E-state index contributed by atoms with van der Waals surface area (Å²) in [5, 5.41) is 10.1. The Morgan fingerprint density at radius 2 is 1.89 bits per heavy atom. The number of carbonyl (C=O) groups excluding carboxylic acids is 2. The van der Waals surface area contributed by atoms with Gasteiger partial charge >= 0.3 is 0 Å². The van der Waals surface area contributed by atoms with Crippen molar-refractivity contribution in [2.24, 2.45) is 0 Å². The lowest BCUT2D eigenvalue weighted by Gasteiger charge is -2.16. The molecule has 0 saturated heterocycles. The number of anilines is 1. The lowest BCUT2D eigenvalue weighted by molar-refractivity contribution is 0.0512. The summed E-state index contributed by atoms with van der Waals surface area (Å²) in [4.78, 5) is 42.2. The number of carbonyl (C=O) groups is 2. The van der Waals surface area contributed by atoms with Crippen molar-refractivity contribution in [1.82, 2.24) is 35.0 Å². The third-order valence-corrected chi connectivity index (χ3v) is 6.57. The van der Waals surface area contributed by atoms with Gasteiger partial charge in [0.05, 0.1) is 17.9 Å². The predicted octanol–water partition coefficient (Wildman–Crippen LogP) is 4.54. The van der Waals surface area contributed by atoms with Gasteiger partial charge in [-0.05, 0) is 51.5 Å². The minimum absolute atomic E-state index is 0.0111. The quantitative estimate of drug-likeness (QED) is 0.315. The van der Waals surface area contributed by atoms with Crippen LogP contribution in [-0.4, -0.2) is 41.5 Å². The molecule has 196 valence electrons. The largest absolute Gasteiger partial charge is 0.342 e. The standard InChI is InChI=1S/C25H24F2N8O2S/c1-5-7-25(26,27)17-9-20(28-11-14(17)2)33-23(37)19-12-29-24(38-19)16(4)32-22(36)18-10-21(31-13-30-18)35-8-6-15(3)34-35/h5-13,16H,1-4H3,(H,32,36)(H,28,33,37)/b7-5+. The molecular formula is C25H24F2N8O2S. The fraction of sp³-hybridized carbons (Fsp3) is 0.240. The smallest absolute Gasteiger partial charge is 0.292 e. The number of allylic oxidation sites excluding steroid dienone is 2. The van der Waals surface area contributed by atoms with Gasteiger partial charge in [0.25, 0.3) is 17.7 Å². The number of pyridine rings is 1. The minimum Gasteiger partial charge on any atom is -0.342 e. The molecule has 0 fully saturated rings. The van der Waals surface area contributed by atoms with Gasteiger partial charge < -0.3 is 10.6 Å². The van der Waals surface area contributed by atoms with Gasteiger partial charge in [0, 0.05) is 24.0 Å². The van der Waals surface area contributed by atoms with Crippen LogP contribution in [0.4, 0.5) is 14.6 Å². The zero-order valence-electron chi connectivity index (χ0n) is 20.9. The average Bonchev–Trinajstić information content (AvgIpc) is 3.55. The van der Waals surface area contributed by atoms with Crippen molar-refractivity contribution in [3.8, 4) is 5.82 Å². The molecule has 0 aliphatic heterocycles. The van der Waals surface area contributed by atoms with Gasteiger partial charge in [-0.2, -0.15) is 13.9 Å². The molecule has 0 aliphatic carbocycles. The molecule has 4 heterocycles. The number of rotatable bonds is 8. The van der Waals surface area contributed by atoms with E-state index in [0.29, 0.717) is 16.4 Å². The maximum Gasteiger partial charge on any atom is 0.292 e. The highest BCUT2D eigenvalue weighted by Crippen LogP contribution is 2.33. The van der Waals surface area contributed by atoms with E-state index in [-0.39, 0.29) is 22.0 Å². The SMILES string of the molecule is C/C=C/C(F)(F)c1cc(NC(=O)c2cnc(C(C)NC(=O)c3cc(-n4ccc(C)n4)ncn3)s2)ncc1C. The molecule has 1 unspecified atom stereocenters. The van der Waals surface area contributed by atoms with Crippen LogP contribution in [0.25, 0.3) is 5.82 Å². The Balaban J connectivity index is 1.43. The van der Waals surface area contributed by atoms with E-state index in [1.54, 1.807) is 13.1 Å². The Bertz CT molecular complexity index is 1510. The van der Waals surface area contributed by atoms with Gasteiger partial charge in [0.2, 0.25) is 0 Å². The first-order valence-electron chi connectivity index (χ1n) is 11.5. The van der Waals surface area contributed by atoms with Crippen molar-refractivity contribution in [1.29, 1.82) is 0 Å². The van der Waals surface area contributed by atoms with E-state index in [4.69, 9.17) is 0 Å². The van der Waals surface area contributed by atoms with Crippen LogP contribution >= 0.6 is 11.3 Å². The predicted molar refractivity (Wildman–Crippen MR) is 138 cm³/mol. The van der Waals surface area contributed by atoms with Crippen LogP contribution in [-0.2, 0) is 5.92 Å². The van der Waals surface area contributed by atoms with Gasteiger partial charge in [-0.25, -0.2) is 24.6 Å². The highest BCUT2D eigenvalue weighted by Gasteiger charge is 2.30. The first-order valence-corrected chi connectivity index (χ1v) is 12.3. The number of halogens is 2. The highest BCUT2D eigenvalue weighted by atomic mass is 32.1. The normalized spacial score (nSPS) is 12.5. The van der Waals surface area contributed by atoms with Gasteiger partial charge in [-0.3, -0.25) is 9.59 Å². The first-order chi connectivity index (χ1) is 18.1. The van der Waals surface area contributed by atoms with Crippen molar-refractivity contribution in [2.75, 3.05) is 5.32 Å². The number of aryl methyl sites for hydroxylation is 2. The molecule has 4 rings (SSSR count). The maximum atomic E-state index is 14.4. The number of nitrogens with one attached hydrogen (secondary N) is 2. The van der Waals surface area contributed by atoms with E-state index < -0.39 is 23.8 Å². The van der Waals surface area contributed by atoms with E-state index in [1.807, 2.05) is 13.0 Å². The minimum atomic E-state index is -3.20. The third kappa shape index (κ3) is 5.94. The van der Waals surface area contributed by atoms with Crippen molar-refractivity contribution in [3.05, 3.63) is 87.7 Å². The molecule has 10 nitrogen and oxygen atoms in total. The molecule has 2 N–H and O–H groups in total. The first kappa shape index (κ1) is 26.7. The van der Waals surface area contributed by atoms with E-state index >= 15 is 0 Å². The van der Waals surface area contributed by atoms with Gasteiger partial charge in [-0.1, -0.05) is 6.08 Å². The second kappa shape index (κ2) is 10.9. The van der Waals surface area contributed by atoms with Crippen LogP contribution in [0.1, 0.15) is 61.9 Å². The summed E-state index contributed by atoms with van der Waals surface area (Å²) in [6, 6.07) is 3.94. The number of thiazole rings is 1. The molecule has 0 bridgehead atoms. The number of amides is 2. The number of alkyl halides is 2. The van der Waals surface area contributed by atoms with E-state index in [9.17, 15) is 18.4 Å². The average molecular weight is 539 g/mol. The zero-order chi connectivity index (χ0) is 27.4. The number of aromatic nitrogens is 6. The molecule has 0 saturated carbocycles. The molecule has 4 aromatic rings. The number of hydrogen-bond acceptors (Lipinski definition) is 8. The maximum absolute atomic E-state index is 14.4. The second-order valence-electron chi connectivity index (χ2n) is 8.38. The Morgan fingerprint density at radius 3 is 2.61 bits per heavy atom. The number of hydrogen-bond donors (Lipinski definition) is 2. The Hall–Kier alpha value is -4.39. The lowest BCUT2D eigenvalue weighted by atomic mass is 10.0. The second-order valence-corrected chi connectivity index (χ2v) is 9.44. The highest BCUT2D eigenvalue weighted by molar-refractivity contribution is 7.13. The Morgan fingerprint density at radius 1 is 1.11 bits per heavy atom. The molecule has 38 heavy (non-hydrogen) atoms. The molecule has 0 aromatic carbocycles. The molecule has 1 atom stereocenters. The topological polar surface area (TPSA) is 128 Å². The zero-order valence-corrected chi connectivity index (χ0v) is 21.8. The Kier molecular flexibility index (Phi) is 7.67. The summed E-state index contributed by atoms with van der Waals surface area (Å²) < 4.78 is 30.3. The molecule has 4 aromatic heterocycles. The summed E-state index contributed by atoms with van der Waals surface area (Å²) in [5.74, 6) is -3.78. The van der Waals surface area contributed by atoms with Crippen molar-refractivity contribution in [2.45, 2.75) is 39.7 Å². The summed E-state index contributed by atoms with van der Waals surface area (Å²) in [5.41, 5.74) is 0.988. The third-order valence-electron chi connectivity index (χ3n) is 5.39. The van der Waals surface area contributed by atoms with E-state index in [2.05, 4.69) is 35.7 Å². The summed E-state index contributed by atoms with van der Waals surface area (Å²) >= 11 is 1.06. The number of nitrogens with zero attached hydrogens (tertiary/aromatic N) is 6. The van der Waals surface area contributed by atoms with Crippen LogP contribution < -0.4 is 10.6 Å². The fourth-order valence-corrected chi connectivity index (χ4v) is 4.31. The molecule has 0 aliphatic rings. The van der Waals surface area contributed by atoms with Crippen molar-refractivity contribution in [3.63, 3.8) is 0 Å². The molecule has 0 radical (unpaired) electrons. The lowest BCUT2D eigenvalue weighted by Crippen LogP contribution is -2.27. The van der Waals surface area contributed by atoms with Gasteiger partial charge in [0.15, 0.2) is 5.82 Å². The fourth-order valence-electron chi connectivity index (χ4n) is 3.49. The molecule has 2 amide bonds. The molecular weight excluding hydrogens is 514 g/mol. The van der Waals surface area contributed by atoms with Crippen molar-refractivity contribution >= 4 is 29.0 Å². The van der Waals surface area contributed by atoms with Crippen molar-refractivity contribution < 1.29 is 18.4 Å². The van der Waals surface area contributed by atoms with Crippen LogP contribution in [0.15, 0.2) is 55.3 Å². The van der Waals surface area contributed by atoms with Crippen LogP contribution in [0.3, 0.4) is 0 Å². The molecule has 13 heteroatoms. The van der Waals surface area contributed by atoms with Crippen LogP contribution in [0, 0.1) is 13.8 Å².